The van der Waals surface area contributed by atoms with Crippen molar-refractivity contribution < 1.29 is 4.42 Å². The highest BCUT2D eigenvalue weighted by Crippen LogP contribution is 2.42. The van der Waals surface area contributed by atoms with Gasteiger partial charge in [0.05, 0.1) is 12.2 Å². The Bertz CT molecular complexity index is 701. The molecule has 4 rings (SSSR count). The Morgan fingerprint density at radius 1 is 1.19 bits per heavy atom. The second-order valence-corrected chi connectivity index (χ2v) is 11.0. The Hall–Kier alpha value is -0.480. The number of guanidine groups is 1. The number of aliphatic imine (C=N–C) groups is 1. The van der Waals surface area contributed by atoms with E-state index < -0.39 is 0 Å². The van der Waals surface area contributed by atoms with Crippen molar-refractivity contribution in [1.29, 1.82) is 0 Å². The van der Waals surface area contributed by atoms with Crippen molar-refractivity contribution in [1.82, 2.24) is 20.1 Å². The third-order valence-corrected chi connectivity index (χ3v) is 8.75. The second kappa shape index (κ2) is 11.6. The summed E-state index contributed by atoms with van der Waals surface area (Å²) in [4.78, 5) is 14.2. The zero-order chi connectivity index (χ0) is 21.0. The number of hydrogen-bond acceptors (Lipinski definition) is 5. The van der Waals surface area contributed by atoms with Crippen LogP contribution < -0.4 is 5.32 Å². The molecule has 0 bridgehead atoms. The molecule has 0 radical (unpaired) electrons. The predicted molar refractivity (Wildman–Crippen MR) is 141 cm³/mol. The summed E-state index contributed by atoms with van der Waals surface area (Å²) in [7, 11) is 1.95. The first kappa shape index (κ1) is 25.1. The van der Waals surface area contributed by atoms with Gasteiger partial charge in [0.2, 0.25) is 5.89 Å². The molecule has 3 heterocycles. The highest BCUT2D eigenvalue weighted by atomic mass is 127. The first-order chi connectivity index (χ1) is 14.6. The lowest BCUT2D eigenvalue weighted by atomic mass is 9.87. The van der Waals surface area contributed by atoms with Gasteiger partial charge in [-0.05, 0) is 58.5 Å². The van der Waals surface area contributed by atoms with Crippen LogP contribution in [-0.2, 0) is 6.54 Å². The van der Waals surface area contributed by atoms with Crippen molar-refractivity contribution in [2.45, 2.75) is 70.1 Å². The smallest absolute Gasteiger partial charge is 0.208 e. The average Bonchev–Trinajstić information content (AvgIpc) is 3.07. The number of halogens is 1. The van der Waals surface area contributed by atoms with Gasteiger partial charge in [0.25, 0.3) is 0 Å². The number of thioether (sulfide) groups is 1. The van der Waals surface area contributed by atoms with Gasteiger partial charge in [-0.2, -0.15) is 11.8 Å². The summed E-state index contributed by atoms with van der Waals surface area (Å²) in [6.45, 7) is 10.4. The number of aromatic nitrogens is 1. The van der Waals surface area contributed by atoms with Gasteiger partial charge in [0, 0.05) is 37.2 Å². The number of rotatable bonds is 4. The van der Waals surface area contributed by atoms with E-state index in [1.807, 2.05) is 20.9 Å². The lowest BCUT2D eigenvalue weighted by Crippen LogP contribution is -2.54. The molecular formula is C23H40IN5OS. The number of hydrogen-bond donors (Lipinski definition) is 1. The van der Waals surface area contributed by atoms with E-state index >= 15 is 0 Å². The lowest BCUT2D eigenvalue weighted by Gasteiger charge is -2.45. The molecule has 3 fully saturated rings. The maximum atomic E-state index is 5.76. The Morgan fingerprint density at radius 3 is 2.58 bits per heavy atom. The van der Waals surface area contributed by atoms with Crippen LogP contribution in [0.15, 0.2) is 9.41 Å². The molecule has 1 spiro atoms. The minimum Gasteiger partial charge on any atom is -0.444 e. The van der Waals surface area contributed by atoms with Crippen molar-refractivity contribution in [3.63, 3.8) is 0 Å². The fourth-order valence-electron chi connectivity index (χ4n) is 5.24. The Kier molecular flexibility index (Phi) is 9.40. The van der Waals surface area contributed by atoms with Gasteiger partial charge in [0.15, 0.2) is 5.96 Å². The van der Waals surface area contributed by atoms with Gasteiger partial charge in [-0.1, -0.05) is 19.3 Å². The molecule has 1 saturated carbocycles. The molecule has 0 amide bonds. The normalized spacial score (nSPS) is 23.1. The molecule has 1 aromatic heterocycles. The molecule has 6 nitrogen and oxygen atoms in total. The first-order valence-corrected chi connectivity index (χ1v) is 12.8. The molecule has 0 atom stereocenters. The number of likely N-dealkylation sites (tertiary alicyclic amines) is 1. The Labute approximate surface area is 209 Å². The Morgan fingerprint density at radius 2 is 1.94 bits per heavy atom. The summed E-state index contributed by atoms with van der Waals surface area (Å²) in [6, 6.07) is 0. The fourth-order valence-corrected chi connectivity index (χ4v) is 6.81. The summed E-state index contributed by atoms with van der Waals surface area (Å²) in [5.74, 6) is 4.88. The van der Waals surface area contributed by atoms with Crippen LogP contribution in [0.1, 0.15) is 62.3 Å². The van der Waals surface area contributed by atoms with E-state index in [4.69, 9.17) is 4.42 Å². The van der Waals surface area contributed by atoms with E-state index in [0.29, 0.717) is 10.7 Å². The minimum atomic E-state index is 0. The van der Waals surface area contributed by atoms with Gasteiger partial charge in [0.1, 0.15) is 5.76 Å². The Balaban J connectivity index is 0.00000272. The van der Waals surface area contributed by atoms with E-state index in [1.165, 1.54) is 57.2 Å². The highest BCUT2D eigenvalue weighted by molar-refractivity contribution is 14.0. The molecular weight excluding hydrogens is 521 g/mol. The summed E-state index contributed by atoms with van der Waals surface area (Å²) < 4.78 is 6.25. The highest BCUT2D eigenvalue weighted by Gasteiger charge is 2.38. The molecule has 1 N–H and O–H groups in total. The summed E-state index contributed by atoms with van der Waals surface area (Å²) in [5.41, 5.74) is 1.02. The van der Waals surface area contributed by atoms with Crippen molar-refractivity contribution in [3.05, 3.63) is 17.3 Å². The van der Waals surface area contributed by atoms with Crippen LogP contribution >= 0.6 is 35.7 Å². The third-order valence-electron chi connectivity index (χ3n) is 7.21. The molecule has 2 saturated heterocycles. The second-order valence-electron chi connectivity index (χ2n) is 9.41. The zero-order valence-electron chi connectivity index (χ0n) is 19.5. The number of nitrogens with one attached hydrogen (secondary N) is 1. The van der Waals surface area contributed by atoms with Crippen LogP contribution in [0, 0.1) is 19.8 Å². The number of nitrogens with zero attached hydrogens (tertiary/aromatic N) is 4. The maximum absolute atomic E-state index is 5.76. The van der Waals surface area contributed by atoms with Crippen molar-refractivity contribution in [3.8, 4) is 0 Å². The quantitative estimate of drug-likeness (QED) is 0.333. The molecule has 31 heavy (non-hydrogen) atoms. The molecule has 3 aliphatic rings. The van der Waals surface area contributed by atoms with E-state index in [2.05, 4.69) is 36.9 Å². The molecule has 1 aliphatic carbocycles. The van der Waals surface area contributed by atoms with Crippen LogP contribution in [0.5, 0.6) is 0 Å². The topological polar surface area (TPSA) is 56.9 Å². The van der Waals surface area contributed by atoms with Gasteiger partial charge >= 0.3 is 0 Å². The largest absolute Gasteiger partial charge is 0.444 e. The van der Waals surface area contributed by atoms with E-state index in [0.717, 1.165) is 56.0 Å². The maximum Gasteiger partial charge on any atom is 0.208 e. The summed E-state index contributed by atoms with van der Waals surface area (Å²) in [6.07, 6.45) is 9.44. The molecule has 0 aromatic carbocycles. The first-order valence-electron chi connectivity index (χ1n) is 11.8. The van der Waals surface area contributed by atoms with Crippen LogP contribution in [0.3, 0.4) is 0 Å². The van der Waals surface area contributed by atoms with Crippen molar-refractivity contribution in [2.24, 2.45) is 10.9 Å². The van der Waals surface area contributed by atoms with Crippen LogP contribution in [0.2, 0.25) is 0 Å². The van der Waals surface area contributed by atoms with Crippen LogP contribution in [0.4, 0.5) is 0 Å². The molecule has 176 valence electrons. The zero-order valence-corrected chi connectivity index (χ0v) is 22.6. The van der Waals surface area contributed by atoms with Crippen molar-refractivity contribution >= 4 is 41.7 Å². The van der Waals surface area contributed by atoms with Crippen LogP contribution in [-0.4, -0.2) is 71.0 Å². The average molecular weight is 562 g/mol. The molecule has 8 heteroatoms. The van der Waals surface area contributed by atoms with Crippen LogP contribution in [0.25, 0.3) is 0 Å². The van der Waals surface area contributed by atoms with Gasteiger partial charge in [-0.15, -0.1) is 24.0 Å². The number of aryl methyl sites for hydroxylation is 2. The van der Waals surface area contributed by atoms with E-state index in [9.17, 15) is 0 Å². The monoisotopic (exact) mass is 561 g/mol. The van der Waals surface area contributed by atoms with Gasteiger partial charge in [-0.25, -0.2) is 4.98 Å². The lowest BCUT2D eigenvalue weighted by molar-refractivity contribution is 0.163. The summed E-state index contributed by atoms with van der Waals surface area (Å²) in [5, 5.41) is 3.72. The number of oxazole rings is 1. The molecule has 2 aliphatic heterocycles. The summed E-state index contributed by atoms with van der Waals surface area (Å²) >= 11 is 2.22. The fraction of sp³-hybridized carbons (Fsp3) is 0.826. The standard InChI is InChI=1S/C23H39N5OS.HI/c1-18-19(2)29-21(26-18)16-27-11-7-20(8-12-27)15-25-22(24-3)28-13-14-30-23(17-28)9-5-4-6-10-23;/h20H,4-17H2,1-3H3,(H,24,25);1H. The van der Waals surface area contributed by atoms with E-state index in [-0.39, 0.29) is 24.0 Å². The van der Waals surface area contributed by atoms with Gasteiger partial charge < -0.3 is 14.6 Å². The SMILES string of the molecule is CN=C(NCC1CCN(Cc2nc(C)c(C)o2)CC1)N1CCSC2(CCCCC2)C1.I. The molecule has 0 unspecified atom stereocenters. The van der Waals surface area contributed by atoms with Gasteiger partial charge in [-0.3, -0.25) is 9.89 Å². The van der Waals surface area contributed by atoms with Crippen molar-refractivity contribution in [2.75, 3.05) is 45.5 Å². The minimum absolute atomic E-state index is 0. The number of piperidine rings is 1. The predicted octanol–water partition coefficient (Wildman–Crippen LogP) is 4.45. The van der Waals surface area contributed by atoms with E-state index in [1.54, 1.807) is 0 Å². The molecule has 1 aromatic rings. The third kappa shape index (κ3) is 6.53.